The van der Waals surface area contributed by atoms with Crippen LogP contribution >= 0.6 is 11.6 Å². The molecule has 0 aliphatic heterocycles. The fourth-order valence-corrected chi connectivity index (χ4v) is 2.18. The molecule has 2 aromatic rings. The quantitative estimate of drug-likeness (QED) is 0.881. The summed E-state index contributed by atoms with van der Waals surface area (Å²) >= 11 is 5.95. The smallest absolute Gasteiger partial charge is 0.228 e. The average molecular weight is 280 g/mol. The van der Waals surface area contributed by atoms with Gasteiger partial charge in [0.15, 0.2) is 0 Å². The molecule has 0 saturated carbocycles. The van der Waals surface area contributed by atoms with E-state index in [0.717, 1.165) is 24.8 Å². The summed E-state index contributed by atoms with van der Waals surface area (Å²) in [4.78, 5) is 4.42. The minimum atomic E-state index is 0.373. The average Bonchev–Trinajstić information content (AvgIpc) is 2.87. The van der Waals surface area contributed by atoms with Gasteiger partial charge in [0, 0.05) is 23.0 Å². The molecule has 1 heterocycles. The first-order chi connectivity index (χ1) is 9.22. The Bertz CT molecular complexity index is 527. The molecule has 1 N–H and O–H groups in total. The molecule has 1 unspecified atom stereocenters. The number of hydrogen-bond donors (Lipinski definition) is 1. The zero-order chi connectivity index (χ0) is 13.7. The minimum absolute atomic E-state index is 0.373. The monoisotopic (exact) mass is 279 g/mol. The van der Waals surface area contributed by atoms with Crippen LogP contribution in [-0.2, 0) is 6.42 Å². The maximum absolute atomic E-state index is 5.95. The van der Waals surface area contributed by atoms with Crippen LogP contribution in [0.15, 0.2) is 28.8 Å². The van der Waals surface area contributed by atoms with Crippen molar-refractivity contribution in [3.05, 3.63) is 35.2 Å². The second-order valence-corrected chi connectivity index (χ2v) is 4.94. The molecule has 19 heavy (non-hydrogen) atoms. The highest BCUT2D eigenvalue weighted by atomic mass is 35.5. The standard InChI is InChI=1S/C14H18ClN3O/c1-3-5-12(16-2)9-13-17-14(18-19-13)10-6-4-7-11(15)8-10/h4,6-8,12,16H,3,5,9H2,1-2H3. The molecular weight excluding hydrogens is 262 g/mol. The number of rotatable bonds is 6. The van der Waals surface area contributed by atoms with E-state index >= 15 is 0 Å². The molecule has 0 aliphatic rings. The van der Waals surface area contributed by atoms with Gasteiger partial charge in [0.05, 0.1) is 0 Å². The van der Waals surface area contributed by atoms with Gasteiger partial charge in [-0.25, -0.2) is 0 Å². The molecule has 1 atom stereocenters. The molecule has 0 bridgehead atoms. The normalized spacial score (nSPS) is 12.6. The van der Waals surface area contributed by atoms with Crippen molar-refractivity contribution in [1.29, 1.82) is 0 Å². The molecule has 0 radical (unpaired) electrons. The first-order valence-electron chi connectivity index (χ1n) is 6.48. The van der Waals surface area contributed by atoms with Crippen molar-refractivity contribution in [1.82, 2.24) is 15.5 Å². The van der Waals surface area contributed by atoms with Crippen molar-refractivity contribution in [3.63, 3.8) is 0 Å². The highest BCUT2D eigenvalue weighted by Gasteiger charge is 2.13. The Balaban J connectivity index is 2.10. The zero-order valence-corrected chi connectivity index (χ0v) is 11.9. The Morgan fingerprint density at radius 3 is 2.95 bits per heavy atom. The predicted octanol–water partition coefficient (Wildman–Crippen LogP) is 3.32. The van der Waals surface area contributed by atoms with Crippen LogP contribution in [-0.4, -0.2) is 23.2 Å². The van der Waals surface area contributed by atoms with E-state index in [1.54, 1.807) is 0 Å². The summed E-state index contributed by atoms with van der Waals surface area (Å²) in [6.45, 7) is 2.16. The number of halogens is 1. The summed E-state index contributed by atoms with van der Waals surface area (Å²) < 4.78 is 5.29. The molecule has 102 valence electrons. The Kier molecular flexibility index (Phi) is 4.93. The summed E-state index contributed by atoms with van der Waals surface area (Å²) in [5, 5.41) is 7.93. The lowest BCUT2D eigenvalue weighted by molar-refractivity contribution is 0.356. The van der Waals surface area contributed by atoms with Gasteiger partial charge in [-0.2, -0.15) is 4.98 Å². The number of aromatic nitrogens is 2. The van der Waals surface area contributed by atoms with Crippen LogP contribution in [0, 0.1) is 0 Å². The van der Waals surface area contributed by atoms with Crippen LogP contribution < -0.4 is 5.32 Å². The van der Waals surface area contributed by atoms with Gasteiger partial charge in [-0.3, -0.25) is 0 Å². The SMILES string of the molecule is CCCC(Cc1nc(-c2cccc(Cl)c2)no1)NC. The van der Waals surface area contributed by atoms with E-state index < -0.39 is 0 Å². The molecule has 0 fully saturated rings. The van der Waals surface area contributed by atoms with Crippen LogP contribution in [0.5, 0.6) is 0 Å². The number of benzene rings is 1. The summed E-state index contributed by atoms with van der Waals surface area (Å²) in [6.07, 6.45) is 2.96. The van der Waals surface area contributed by atoms with E-state index in [-0.39, 0.29) is 0 Å². The summed E-state index contributed by atoms with van der Waals surface area (Å²) in [5.41, 5.74) is 0.874. The molecular formula is C14H18ClN3O. The molecule has 4 nitrogen and oxygen atoms in total. The van der Waals surface area contributed by atoms with Crippen LogP contribution in [0.4, 0.5) is 0 Å². The molecule has 2 rings (SSSR count). The maximum atomic E-state index is 5.95. The highest BCUT2D eigenvalue weighted by Crippen LogP contribution is 2.20. The third-order valence-corrected chi connectivity index (χ3v) is 3.25. The van der Waals surface area contributed by atoms with Crippen LogP contribution in [0.25, 0.3) is 11.4 Å². The lowest BCUT2D eigenvalue weighted by Crippen LogP contribution is -2.27. The van der Waals surface area contributed by atoms with Crippen molar-refractivity contribution < 1.29 is 4.52 Å². The maximum Gasteiger partial charge on any atom is 0.228 e. The van der Waals surface area contributed by atoms with Gasteiger partial charge in [-0.05, 0) is 25.6 Å². The molecule has 0 amide bonds. The van der Waals surface area contributed by atoms with Gasteiger partial charge in [0.2, 0.25) is 11.7 Å². The fourth-order valence-electron chi connectivity index (χ4n) is 1.99. The van der Waals surface area contributed by atoms with E-state index in [9.17, 15) is 0 Å². The highest BCUT2D eigenvalue weighted by molar-refractivity contribution is 6.30. The van der Waals surface area contributed by atoms with Crippen molar-refractivity contribution in [2.75, 3.05) is 7.05 Å². The van der Waals surface area contributed by atoms with E-state index in [1.165, 1.54) is 0 Å². The topological polar surface area (TPSA) is 51.0 Å². The van der Waals surface area contributed by atoms with E-state index in [1.807, 2.05) is 31.3 Å². The molecule has 0 saturated heterocycles. The van der Waals surface area contributed by atoms with Gasteiger partial charge in [-0.15, -0.1) is 0 Å². The van der Waals surface area contributed by atoms with E-state index in [4.69, 9.17) is 16.1 Å². The number of hydrogen-bond acceptors (Lipinski definition) is 4. The Hall–Kier alpha value is -1.39. The Morgan fingerprint density at radius 1 is 1.42 bits per heavy atom. The van der Waals surface area contributed by atoms with Gasteiger partial charge in [-0.1, -0.05) is 42.2 Å². The third kappa shape index (κ3) is 3.78. The predicted molar refractivity (Wildman–Crippen MR) is 76.2 cm³/mol. The molecule has 5 heteroatoms. The number of likely N-dealkylation sites (N-methyl/N-ethyl adjacent to an activating group) is 1. The lowest BCUT2D eigenvalue weighted by atomic mass is 10.1. The second-order valence-electron chi connectivity index (χ2n) is 4.50. The van der Waals surface area contributed by atoms with Crippen molar-refractivity contribution in [2.45, 2.75) is 32.2 Å². The van der Waals surface area contributed by atoms with Crippen molar-refractivity contribution in [2.24, 2.45) is 0 Å². The van der Waals surface area contributed by atoms with Crippen molar-refractivity contribution >= 4 is 11.6 Å². The minimum Gasteiger partial charge on any atom is -0.339 e. The number of nitrogens with one attached hydrogen (secondary N) is 1. The number of nitrogens with zero attached hydrogens (tertiary/aromatic N) is 2. The summed E-state index contributed by atoms with van der Waals surface area (Å²) in [7, 11) is 1.95. The second kappa shape index (κ2) is 6.68. The van der Waals surface area contributed by atoms with Crippen molar-refractivity contribution in [3.8, 4) is 11.4 Å². The third-order valence-electron chi connectivity index (χ3n) is 3.02. The summed E-state index contributed by atoms with van der Waals surface area (Å²) in [6, 6.07) is 7.82. The zero-order valence-electron chi connectivity index (χ0n) is 11.2. The fraction of sp³-hybridized carbons (Fsp3) is 0.429. The van der Waals surface area contributed by atoms with Gasteiger partial charge >= 0.3 is 0 Å². The molecule has 0 aliphatic carbocycles. The molecule has 0 spiro atoms. The van der Waals surface area contributed by atoms with Gasteiger partial charge in [0.25, 0.3) is 0 Å². The van der Waals surface area contributed by atoms with E-state index in [0.29, 0.717) is 22.8 Å². The van der Waals surface area contributed by atoms with Gasteiger partial charge in [0.1, 0.15) is 0 Å². The lowest BCUT2D eigenvalue weighted by Gasteiger charge is -2.11. The van der Waals surface area contributed by atoms with Gasteiger partial charge < -0.3 is 9.84 Å². The first-order valence-corrected chi connectivity index (χ1v) is 6.86. The van der Waals surface area contributed by atoms with E-state index in [2.05, 4.69) is 22.4 Å². The Morgan fingerprint density at radius 2 is 2.26 bits per heavy atom. The van der Waals surface area contributed by atoms with Crippen LogP contribution in [0.1, 0.15) is 25.7 Å². The molecule has 1 aromatic heterocycles. The van der Waals surface area contributed by atoms with Crippen LogP contribution in [0.2, 0.25) is 5.02 Å². The largest absolute Gasteiger partial charge is 0.339 e. The summed E-state index contributed by atoms with van der Waals surface area (Å²) in [5.74, 6) is 1.24. The molecule has 1 aromatic carbocycles. The Labute approximate surface area is 118 Å². The van der Waals surface area contributed by atoms with Crippen LogP contribution in [0.3, 0.4) is 0 Å². The first kappa shape index (κ1) is 14.0.